The monoisotopic (exact) mass is 561 g/mol. The molecule has 4 rings (SSSR count). The summed E-state index contributed by atoms with van der Waals surface area (Å²) in [7, 11) is 1.28. The molecule has 0 bridgehead atoms. The van der Waals surface area contributed by atoms with Crippen molar-refractivity contribution in [3.05, 3.63) is 65.7 Å². The van der Waals surface area contributed by atoms with Gasteiger partial charge < -0.3 is 24.5 Å². The zero-order chi connectivity index (χ0) is 30.1. The summed E-state index contributed by atoms with van der Waals surface area (Å²) in [5.74, 6) is -0.987. The van der Waals surface area contributed by atoms with Gasteiger partial charge in [-0.1, -0.05) is 75.0 Å². The zero-order valence-electron chi connectivity index (χ0n) is 24.8. The van der Waals surface area contributed by atoms with Gasteiger partial charge in [0, 0.05) is 17.5 Å². The highest BCUT2D eigenvalue weighted by Gasteiger charge is 2.46. The SMILES string of the molecule is C=Cc1ccc2c(c1)/C(=N\O[C@@H]1C[C@@H](C(=O)OC)N(C(=O)[C@@H](NC(=O)OC(C)(C)C)C(C)(C)C)C1)c1ccccc1-2. The van der Waals surface area contributed by atoms with E-state index in [9.17, 15) is 14.4 Å². The molecule has 218 valence electrons. The fourth-order valence-electron chi connectivity index (χ4n) is 5.13. The molecule has 1 N–H and O–H groups in total. The Kier molecular flexibility index (Phi) is 8.29. The Labute approximate surface area is 241 Å². The van der Waals surface area contributed by atoms with Gasteiger partial charge >= 0.3 is 12.1 Å². The van der Waals surface area contributed by atoms with Crippen LogP contribution in [0.4, 0.5) is 4.79 Å². The molecule has 1 saturated heterocycles. The molecule has 41 heavy (non-hydrogen) atoms. The number of amides is 2. The number of oxime groups is 1. The highest BCUT2D eigenvalue weighted by molar-refractivity contribution is 6.24. The first-order chi connectivity index (χ1) is 19.2. The Morgan fingerprint density at radius 3 is 2.29 bits per heavy atom. The number of likely N-dealkylation sites (tertiary alicyclic amines) is 1. The van der Waals surface area contributed by atoms with E-state index in [1.807, 2.05) is 63.2 Å². The van der Waals surface area contributed by atoms with E-state index in [0.717, 1.165) is 27.8 Å². The molecule has 0 saturated carbocycles. The minimum atomic E-state index is -0.958. The van der Waals surface area contributed by atoms with E-state index in [-0.39, 0.29) is 13.0 Å². The zero-order valence-corrected chi connectivity index (χ0v) is 24.8. The summed E-state index contributed by atoms with van der Waals surface area (Å²) in [5, 5.41) is 7.27. The largest absolute Gasteiger partial charge is 0.467 e. The van der Waals surface area contributed by atoms with E-state index in [2.05, 4.69) is 17.1 Å². The van der Waals surface area contributed by atoms with E-state index in [1.54, 1.807) is 26.8 Å². The van der Waals surface area contributed by atoms with Crippen LogP contribution in [0.25, 0.3) is 17.2 Å². The van der Waals surface area contributed by atoms with Gasteiger partial charge in [-0.25, -0.2) is 9.59 Å². The molecule has 0 aromatic heterocycles. The van der Waals surface area contributed by atoms with Crippen LogP contribution in [-0.2, 0) is 23.9 Å². The maximum atomic E-state index is 13.9. The smallest absolute Gasteiger partial charge is 0.408 e. The third-order valence-corrected chi connectivity index (χ3v) is 7.09. The number of nitrogens with one attached hydrogen (secondary N) is 1. The van der Waals surface area contributed by atoms with Crippen LogP contribution in [0.3, 0.4) is 0 Å². The number of benzene rings is 2. The molecule has 2 aliphatic rings. The van der Waals surface area contributed by atoms with Gasteiger partial charge in [0.05, 0.1) is 13.7 Å². The molecule has 0 spiro atoms. The molecule has 1 fully saturated rings. The van der Waals surface area contributed by atoms with Crippen molar-refractivity contribution in [2.45, 2.75) is 71.8 Å². The highest BCUT2D eigenvalue weighted by atomic mass is 16.6. The second-order valence-corrected chi connectivity index (χ2v) is 12.4. The average molecular weight is 562 g/mol. The van der Waals surface area contributed by atoms with Crippen LogP contribution in [0.15, 0.2) is 54.2 Å². The minimum Gasteiger partial charge on any atom is -0.467 e. The first-order valence-corrected chi connectivity index (χ1v) is 13.7. The summed E-state index contributed by atoms with van der Waals surface area (Å²) in [5.41, 5.74) is 4.19. The van der Waals surface area contributed by atoms with E-state index in [4.69, 9.17) is 14.3 Å². The van der Waals surface area contributed by atoms with Gasteiger partial charge in [0.25, 0.3) is 0 Å². The number of fused-ring (bicyclic) bond motifs is 3. The molecule has 0 radical (unpaired) electrons. The lowest BCUT2D eigenvalue weighted by molar-refractivity contribution is -0.152. The lowest BCUT2D eigenvalue weighted by atomic mass is 9.85. The maximum absolute atomic E-state index is 13.9. The Hall–Kier alpha value is -4.14. The quantitative estimate of drug-likeness (QED) is 0.329. The molecule has 1 heterocycles. The number of alkyl carbamates (subject to hydrolysis) is 1. The molecular weight excluding hydrogens is 522 g/mol. The van der Waals surface area contributed by atoms with Crippen molar-refractivity contribution in [3.8, 4) is 11.1 Å². The summed E-state index contributed by atoms with van der Waals surface area (Å²) >= 11 is 0. The number of nitrogens with zero attached hydrogens (tertiary/aromatic N) is 2. The average Bonchev–Trinajstić information content (AvgIpc) is 3.47. The number of ether oxygens (including phenoxy) is 2. The molecule has 1 aliphatic heterocycles. The van der Waals surface area contributed by atoms with E-state index < -0.39 is 47.2 Å². The Balaban J connectivity index is 1.60. The number of methoxy groups -OCH3 is 1. The van der Waals surface area contributed by atoms with Gasteiger partial charge in [-0.05, 0) is 48.9 Å². The van der Waals surface area contributed by atoms with Crippen molar-refractivity contribution in [1.82, 2.24) is 10.2 Å². The van der Waals surface area contributed by atoms with Crippen molar-refractivity contribution in [3.63, 3.8) is 0 Å². The summed E-state index contributed by atoms with van der Waals surface area (Å²) < 4.78 is 10.4. The van der Waals surface area contributed by atoms with Crippen molar-refractivity contribution < 1.29 is 28.7 Å². The van der Waals surface area contributed by atoms with Gasteiger partial charge in [0.1, 0.15) is 29.5 Å². The predicted octanol–water partition coefficient (Wildman–Crippen LogP) is 5.16. The standard InChI is InChI=1S/C32H39N3O6/c1-9-19-14-15-22-21-12-10-11-13-23(21)26(24(22)16-19)34-41-20-17-25(29(37)39-8)35(18-20)28(36)27(31(2,3)4)33-30(38)40-32(5,6)7/h9-16,20,25,27H,1,17-18H2,2-8H3,(H,33,38)/b34-26-/t20-,25+,27-/m1/s1. The van der Waals surface area contributed by atoms with Gasteiger partial charge in [-0.2, -0.15) is 0 Å². The third-order valence-electron chi connectivity index (χ3n) is 7.09. The van der Waals surface area contributed by atoms with Gasteiger partial charge in [0.2, 0.25) is 5.91 Å². The van der Waals surface area contributed by atoms with Gasteiger partial charge in [0.15, 0.2) is 0 Å². The number of carbonyl (C=O) groups excluding carboxylic acids is 3. The van der Waals surface area contributed by atoms with Crippen molar-refractivity contribution in [1.29, 1.82) is 0 Å². The third kappa shape index (κ3) is 6.45. The summed E-state index contributed by atoms with van der Waals surface area (Å²) in [4.78, 5) is 46.7. The topological polar surface area (TPSA) is 107 Å². The van der Waals surface area contributed by atoms with Crippen molar-refractivity contribution in [2.24, 2.45) is 10.6 Å². The van der Waals surface area contributed by atoms with Crippen LogP contribution in [0, 0.1) is 5.41 Å². The van der Waals surface area contributed by atoms with Crippen molar-refractivity contribution in [2.75, 3.05) is 13.7 Å². The molecule has 2 aromatic rings. The van der Waals surface area contributed by atoms with Gasteiger partial charge in [-0.15, -0.1) is 0 Å². The van der Waals surface area contributed by atoms with Crippen LogP contribution in [0.1, 0.15) is 64.7 Å². The number of esters is 1. The molecule has 2 amide bonds. The molecule has 3 atom stereocenters. The Bertz CT molecular complexity index is 1380. The second-order valence-electron chi connectivity index (χ2n) is 12.4. The highest BCUT2D eigenvalue weighted by Crippen LogP contribution is 2.38. The first kappa shape index (κ1) is 29.8. The van der Waals surface area contributed by atoms with E-state index in [1.165, 1.54) is 12.0 Å². The van der Waals surface area contributed by atoms with E-state index in [0.29, 0.717) is 5.71 Å². The Morgan fingerprint density at radius 1 is 1.02 bits per heavy atom. The maximum Gasteiger partial charge on any atom is 0.408 e. The molecule has 1 aliphatic carbocycles. The van der Waals surface area contributed by atoms with Gasteiger partial charge in [-0.3, -0.25) is 4.79 Å². The van der Waals surface area contributed by atoms with Crippen LogP contribution >= 0.6 is 0 Å². The number of hydrogen-bond donors (Lipinski definition) is 1. The molecule has 0 unspecified atom stereocenters. The normalized spacial score (nSPS) is 19.7. The lowest BCUT2D eigenvalue weighted by Gasteiger charge is -2.35. The summed E-state index contributed by atoms with van der Waals surface area (Å²) in [6.07, 6.45) is 0.688. The number of carbonyl (C=O) groups is 3. The van der Waals surface area contributed by atoms with Crippen LogP contribution in [0.5, 0.6) is 0 Å². The molecule has 2 aromatic carbocycles. The summed E-state index contributed by atoms with van der Waals surface area (Å²) in [6, 6.07) is 12.2. The summed E-state index contributed by atoms with van der Waals surface area (Å²) in [6.45, 7) is 14.7. The fourth-order valence-corrected chi connectivity index (χ4v) is 5.13. The molecular formula is C32H39N3O6. The fraction of sp³-hybridized carbons (Fsp3) is 0.438. The van der Waals surface area contributed by atoms with Crippen LogP contribution in [-0.4, -0.2) is 66.0 Å². The molecule has 9 nitrogen and oxygen atoms in total. The van der Waals surface area contributed by atoms with Crippen LogP contribution < -0.4 is 5.32 Å². The minimum absolute atomic E-state index is 0.0964. The van der Waals surface area contributed by atoms with Crippen LogP contribution in [0.2, 0.25) is 0 Å². The first-order valence-electron chi connectivity index (χ1n) is 13.7. The van der Waals surface area contributed by atoms with Crippen molar-refractivity contribution >= 4 is 29.8 Å². The molecule has 9 heteroatoms. The number of rotatable bonds is 6. The predicted molar refractivity (Wildman–Crippen MR) is 157 cm³/mol. The number of hydrogen-bond acceptors (Lipinski definition) is 7. The Morgan fingerprint density at radius 2 is 1.68 bits per heavy atom. The lowest BCUT2D eigenvalue weighted by Crippen LogP contribution is -2.57. The second kappa shape index (κ2) is 11.4. The van der Waals surface area contributed by atoms with E-state index >= 15 is 0 Å².